The van der Waals surface area contributed by atoms with Crippen molar-refractivity contribution < 1.29 is 17.9 Å². The molecule has 0 atom stereocenters. The highest BCUT2D eigenvalue weighted by molar-refractivity contribution is 7.91. The first-order valence-corrected chi connectivity index (χ1v) is 8.58. The van der Waals surface area contributed by atoms with E-state index in [4.69, 9.17) is 4.74 Å². The average molecular weight is 303 g/mol. The molecule has 0 radical (unpaired) electrons. The van der Waals surface area contributed by atoms with Crippen LogP contribution in [0.15, 0.2) is 21.7 Å². The van der Waals surface area contributed by atoms with Gasteiger partial charge in [0.25, 0.3) is 10.0 Å². The zero-order valence-corrected chi connectivity index (χ0v) is 12.4. The van der Waals surface area contributed by atoms with Crippen molar-refractivity contribution in [2.45, 2.75) is 36.4 Å². The Morgan fingerprint density at radius 3 is 2.79 bits per heavy atom. The van der Waals surface area contributed by atoms with Gasteiger partial charge in [0.15, 0.2) is 0 Å². The number of esters is 1. The summed E-state index contributed by atoms with van der Waals surface area (Å²) in [4.78, 5) is 11.4. The zero-order chi connectivity index (χ0) is 13.9. The Morgan fingerprint density at radius 2 is 2.26 bits per heavy atom. The van der Waals surface area contributed by atoms with Crippen molar-refractivity contribution in [2.75, 3.05) is 13.2 Å². The molecule has 0 N–H and O–H groups in total. The Morgan fingerprint density at radius 1 is 1.53 bits per heavy atom. The number of hydrogen-bond acceptors (Lipinski definition) is 5. The van der Waals surface area contributed by atoms with Crippen LogP contribution in [0.2, 0.25) is 0 Å². The lowest BCUT2D eigenvalue weighted by atomic mass is 10.4. The predicted octanol–water partition coefficient (Wildman–Crippen LogP) is 1.85. The van der Waals surface area contributed by atoms with Gasteiger partial charge >= 0.3 is 5.97 Å². The Hall–Kier alpha value is -0.920. The number of hydrogen-bond donors (Lipinski definition) is 0. The summed E-state index contributed by atoms with van der Waals surface area (Å²) < 4.78 is 31.5. The van der Waals surface area contributed by atoms with E-state index in [1.807, 2.05) is 0 Å². The number of thiophene rings is 1. The first-order valence-electron chi connectivity index (χ1n) is 6.26. The molecular weight excluding hydrogens is 286 g/mol. The van der Waals surface area contributed by atoms with Crippen molar-refractivity contribution in [2.24, 2.45) is 0 Å². The summed E-state index contributed by atoms with van der Waals surface area (Å²) in [6, 6.07) is 3.36. The Bertz CT molecular complexity index is 520. The van der Waals surface area contributed by atoms with Crippen molar-refractivity contribution >= 4 is 27.3 Å². The van der Waals surface area contributed by atoms with Gasteiger partial charge in [-0.3, -0.25) is 4.79 Å². The van der Waals surface area contributed by atoms with Crippen LogP contribution in [0.3, 0.4) is 0 Å². The lowest BCUT2D eigenvalue weighted by Crippen LogP contribution is -2.34. The molecule has 0 spiro atoms. The molecule has 1 aliphatic carbocycles. The molecule has 1 heterocycles. The van der Waals surface area contributed by atoms with E-state index in [1.165, 1.54) is 15.6 Å². The van der Waals surface area contributed by atoms with Gasteiger partial charge in [0.1, 0.15) is 4.21 Å². The molecule has 106 valence electrons. The predicted molar refractivity (Wildman–Crippen MR) is 72.5 cm³/mol. The van der Waals surface area contributed by atoms with Crippen LogP contribution in [0.5, 0.6) is 0 Å². The van der Waals surface area contributed by atoms with Crippen molar-refractivity contribution in [3.05, 3.63) is 17.5 Å². The van der Waals surface area contributed by atoms with Gasteiger partial charge in [-0.2, -0.15) is 4.31 Å². The highest BCUT2D eigenvalue weighted by Crippen LogP contribution is 2.33. The van der Waals surface area contributed by atoms with Crippen LogP contribution < -0.4 is 0 Å². The van der Waals surface area contributed by atoms with E-state index >= 15 is 0 Å². The SMILES string of the molecule is CCOC(=O)CCN(C1CC1)S(=O)(=O)c1cccs1. The first-order chi connectivity index (χ1) is 9.05. The Labute approximate surface area is 117 Å². The van der Waals surface area contributed by atoms with E-state index in [0.717, 1.165) is 12.8 Å². The number of sulfonamides is 1. The molecule has 1 aliphatic rings. The van der Waals surface area contributed by atoms with Crippen LogP contribution in [0.4, 0.5) is 0 Å². The molecule has 1 aromatic heterocycles. The van der Waals surface area contributed by atoms with E-state index in [1.54, 1.807) is 24.4 Å². The molecule has 7 heteroatoms. The molecular formula is C12H17NO4S2. The van der Waals surface area contributed by atoms with E-state index in [0.29, 0.717) is 10.8 Å². The number of nitrogens with zero attached hydrogens (tertiary/aromatic N) is 1. The van der Waals surface area contributed by atoms with Gasteiger partial charge in [0.05, 0.1) is 13.0 Å². The van der Waals surface area contributed by atoms with Crippen molar-refractivity contribution in [3.63, 3.8) is 0 Å². The first kappa shape index (κ1) is 14.5. The van der Waals surface area contributed by atoms with Crippen LogP contribution in [-0.4, -0.2) is 37.9 Å². The topological polar surface area (TPSA) is 63.7 Å². The van der Waals surface area contributed by atoms with Gasteiger partial charge in [0, 0.05) is 12.6 Å². The summed E-state index contributed by atoms with van der Waals surface area (Å²) >= 11 is 1.20. The quantitative estimate of drug-likeness (QED) is 0.721. The molecule has 1 aromatic rings. The van der Waals surface area contributed by atoms with Gasteiger partial charge in [-0.25, -0.2) is 8.42 Å². The van der Waals surface area contributed by atoms with Crippen LogP contribution >= 0.6 is 11.3 Å². The third kappa shape index (κ3) is 3.55. The summed E-state index contributed by atoms with van der Waals surface area (Å²) in [6.45, 7) is 2.25. The zero-order valence-electron chi connectivity index (χ0n) is 10.7. The molecule has 1 fully saturated rings. The highest BCUT2D eigenvalue weighted by atomic mass is 32.2. The maximum Gasteiger partial charge on any atom is 0.307 e. The molecule has 5 nitrogen and oxygen atoms in total. The van der Waals surface area contributed by atoms with Crippen molar-refractivity contribution in [1.82, 2.24) is 4.31 Å². The number of carbonyl (C=O) groups is 1. The van der Waals surface area contributed by atoms with E-state index < -0.39 is 10.0 Å². The molecule has 0 unspecified atom stereocenters. The number of ether oxygens (including phenoxy) is 1. The smallest absolute Gasteiger partial charge is 0.307 e. The fraction of sp³-hybridized carbons (Fsp3) is 0.583. The molecule has 19 heavy (non-hydrogen) atoms. The standard InChI is InChI=1S/C12H17NO4S2/c1-2-17-11(14)7-8-13(10-5-6-10)19(15,16)12-4-3-9-18-12/h3-4,9-10H,2,5-8H2,1H3. The normalized spacial score (nSPS) is 15.7. The maximum atomic E-state index is 12.4. The van der Waals surface area contributed by atoms with E-state index in [-0.39, 0.29) is 25.0 Å². The van der Waals surface area contributed by atoms with Gasteiger partial charge < -0.3 is 4.74 Å². The van der Waals surface area contributed by atoms with Crippen LogP contribution in [-0.2, 0) is 19.6 Å². The van der Waals surface area contributed by atoms with Gasteiger partial charge in [-0.05, 0) is 31.2 Å². The minimum absolute atomic E-state index is 0.0431. The second kappa shape index (κ2) is 6.02. The molecule has 2 rings (SSSR count). The summed E-state index contributed by atoms with van der Waals surface area (Å²) in [5.41, 5.74) is 0. The van der Waals surface area contributed by atoms with Crippen molar-refractivity contribution in [3.8, 4) is 0 Å². The largest absolute Gasteiger partial charge is 0.466 e. The summed E-state index contributed by atoms with van der Waals surface area (Å²) in [6.07, 6.45) is 1.84. The Balaban J connectivity index is 2.06. The molecule has 0 amide bonds. The molecule has 0 aromatic carbocycles. The second-order valence-corrected chi connectivity index (χ2v) is 7.40. The van der Waals surface area contributed by atoms with E-state index in [2.05, 4.69) is 0 Å². The molecule has 0 saturated heterocycles. The monoisotopic (exact) mass is 303 g/mol. The number of carbonyl (C=O) groups excluding carboxylic acids is 1. The van der Waals surface area contributed by atoms with Gasteiger partial charge in [-0.15, -0.1) is 11.3 Å². The fourth-order valence-electron chi connectivity index (χ4n) is 1.82. The van der Waals surface area contributed by atoms with Gasteiger partial charge in [0.2, 0.25) is 0 Å². The summed E-state index contributed by atoms with van der Waals surface area (Å²) in [5.74, 6) is -0.352. The number of rotatable bonds is 7. The Kier molecular flexibility index (Phi) is 4.59. The highest BCUT2D eigenvalue weighted by Gasteiger charge is 2.38. The average Bonchev–Trinajstić information content (AvgIpc) is 3.02. The lowest BCUT2D eigenvalue weighted by molar-refractivity contribution is -0.143. The summed E-state index contributed by atoms with van der Waals surface area (Å²) in [5, 5.41) is 1.74. The minimum Gasteiger partial charge on any atom is -0.466 e. The fourth-order valence-corrected chi connectivity index (χ4v) is 4.63. The van der Waals surface area contributed by atoms with Crippen molar-refractivity contribution in [1.29, 1.82) is 0 Å². The third-order valence-corrected chi connectivity index (χ3v) is 6.18. The van der Waals surface area contributed by atoms with Crippen LogP contribution in [0.25, 0.3) is 0 Å². The van der Waals surface area contributed by atoms with E-state index in [9.17, 15) is 13.2 Å². The summed E-state index contributed by atoms with van der Waals surface area (Å²) in [7, 11) is -3.46. The van der Waals surface area contributed by atoms with Crippen LogP contribution in [0, 0.1) is 0 Å². The maximum absolute atomic E-state index is 12.4. The lowest BCUT2D eigenvalue weighted by Gasteiger charge is -2.20. The molecule has 1 saturated carbocycles. The van der Waals surface area contributed by atoms with Crippen LogP contribution in [0.1, 0.15) is 26.2 Å². The second-order valence-electron chi connectivity index (χ2n) is 4.33. The third-order valence-electron chi connectivity index (χ3n) is 2.85. The molecule has 0 bridgehead atoms. The van der Waals surface area contributed by atoms with Gasteiger partial charge in [-0.1, -0.05) is 6.07 Å². The molecule has 0 aliphatic heterocycles. The minimum atomic E-state index is -3.46.